The van der Waals surface area contributed by atoms with Crippen molar-refractivity contribution in [3.63, 3.8) is 0 Å². The lowest BCUT2D eigenvalue weighted by Crippen LogP contribution is -2.36. The number of para-hydroxylation sites is 1. The van der Waals surface area contributed by atoms with Crippen molar-refractivity contribution in [1.29, 1.82) is 0 Å². The van der Waals surface area contributed by atoms with Gasteiger partial charge in [-0.2, -0.15) is 0 Å². The van der Waals surface area contributed by atoms with E-state index in [9.17, 15) is 4.39 Å². The van der Waals surface area contributed by atoms with Gasteiger partial charge in [-0.25, -0.2) is 4.39 Å². The van der Waals surface area contributed by atoms with Crippen LogP contribution in [0.2, 0.25) is 0 Å². The van der Waals surface area contributed by atoms with Crippen LogP contribution in [0.25, 0.3) is 0 Å². The van der Waals surface area contributed by atoms with Gasteiger partial charge in [0.1, 0.15) is 5.82 Å². The lowest BCUT2D eigenvalue weighted by Gasteiger charge is -2.33. The van der Waals surface area contributed by atoms with E-state index in [0.29, 0.717) is 6.04 Å². The number of nitrogens with one attached hydrogen (secondary N) is 1. The van der Waals surface area contributed by atoms with Crippen molar-refractivity contribution in [3.05, 3.63) is 29.6 Å². The van der Waals surface area contributed by atoms with E-state index in [1.165, 1.54) is 38.5 Å². The molecule has 2 aliphatic rings. The number of nitrogens with zero attached hydrogens (tertiary/aromatic N) is 1. The first-order valence-corrected chi connectivity index (χ1v) is 8.56. The lowest BCUT2D eigenvalue weighted by atomic mass is 9.95. The van der Waals surface area contributed by atoms with Gasteiger partial charge in [0, 0.05) is 19.1 Å². The molecule has 1 heterocycles. The number of hydrogen-bond donors (Lipinski definition) is 1. The fourth-order valence-corrected chi connectivity index (χ4v) is 4.19. The molecule has 3 rings (SSSR count). The van der Waals surface area contributed by atoms with Crippen molar-refractivity contribution >= 4 is 5.69 Å². The Morgan fingerprint density at radius 2 is 2.00 bits per heavy atom. The highest BCUT2D eigenvalue weighted by molar-refractivity contribution is 5.56. The fourth-order valence-electron chi connectivity index (χ4n) is 4.19. The summed E-state index contributed by atoms with van der Waals surface area (Å²) in [6.45, 7) is 4.79. The Balaban J connectivity index is 1.87. The van der Waals surface area contributed by atoms with Gasteiger partial charge < -0.3 is 10.2 Å². The monoisotopic (exact) mass is 290 g/mol. The summed E-state index contributed by atoms with van der Waals surface area (Å²) in [5.41, 5.74) is 1.98. The van der Waals surface area contributed by atoms with Crippen molar-refractivity contribution in [2.75, 3.05) is 18.0 Å². The minimum absolute atomic E-state index is 0.0460. The zero-order valence-electron chi connectivity index (χ0n) is 13.1. The van der Waals surface area contributed by atoms with Gasteiger partial charge in [0.15, 0.2) is 0 Å². The van der Waals surface area contributed by atoms with E-state index in [2.05, 4.69) is 23.2 Å². The number of rotatable bonds is 5. The standard InChI is InChI=1S/C18H27FN2/c1-2-20-13-15-9-5-10-16(19)18(15)21-12-6-11-17(21)14-7-3-4-8-14/h5,9-10,14,17,20H,2-4,6-8,11-13H2,1H3. The molecular weight excluding hydrogens is 263 g/mol. The van der Waals surface area contributed by atoms with Crippen molar-refractivity contribution in [2.24, 2.45) is 5.92 Å². The smallest absolute Gasteiger partial charge is 0.146 e. The molecule has 21 heavy (non-hydrogen) atoms. The van der Waals surface area contributed by atoms with Crippen molar-refractivity contribution in [3.8, 4) is 0 Å². The van der Waals surface area contributed by atoms with Gasteiger partial charge >= 0.3 is 0 Å². The predicted molar refractivity (Wildman–Crippen MR) is 86.1 cm³/mol. The Labute approximate surface area is 127 Å². The Hall–Kier alpha value is -1.09. The molecule has 3 heteroatoms. The maximum absolute atomic E-state index is 14.5. The van der Waals surface area contributed by atoms with Gasteiger partial charge in [-0.05, 0) is 49.8 Å². The molecule has 2 nitrogen and oxygen atoms in total. The Morgan fingerprint density at radius 1 is 1.19 bits per heavy atom. The zero-order chi connectivity index (χ0) is 14.7. The molecule has 0 spiro atoms. The van der Waals surface area contributed by atoms with Crippen LogP contribution < -0.4 is 10.2 Å². The second-order valence-corrected chi connectivity index (χ2v) is 6.48. The SMILES string of the molecule is CCNCc1cccc(F)c1N1CCCC1C1CCCC1. The van der Waals surface area contributed by atoms with Crippen molar-refractivity contribution in [2.45, 2.75) is 58.0 Å². The van der Waals surface area contributed by atoms with E-state index in [1.54, 1.807) is 6.07 Å². The summed E-state index contributed by atoms with van der Waals surface area (Å²) in [4.78, 5) is 2.39. The van der Waals surface area contributed by atoms with Crippen LogP contribution in [-0.4, -0.2) is 19.1 Å². The summed E-state index contributed by atoms with van der Waals surface area (Å²) in [7, 11) is 0. The van der Waals surface area contributed by atoms with Crippen LogP contribution in [0.15, 0.2) is 18.2 Å². The summed E-state index contributed by atoms with van der Waals surface area (Å²) < 4.78 is 14.5. The zero-order valence-corrected chi connectivity index (χ0v) is 13.1. The fraction of sp³-hybridized carbons (Fsp3) is 0.667. The van der Waals surface area contributed by atoms with Crippen LogP contribution in [0, 0.1) is 11.7 Å². The minimum atomic E-state index is -0.0460. The lowest BCUT2D eigenvalue weighted by molar-refractivity contribution is 0.427. The molecular formula is C18H27FN2. The highest BCUT2D eigenvalue weighted by atomic mass is 19.1. The third-order valence-corrected chi connectivity index (χ3v) is 5.17. The molecule has 1 saturated carbocycles. The molecule has 116 valence electrons. The van der Waals surface area contributed by atoms with Crippen molar-refractivity contribution < 1.29 is 4.39 Å². The van der Waals surface area contributed by atoms with Crippen LogP contribution in [0.4, 0.5) is 10.1 Å². The third kappa shape index (κ3) is 3.08. The van der Waals surface area contributed by atoms with Gasteiger partial charge in [0.05, 0.1) is 5.69 Å². The minimum Gasteiger partial charge on any atom is -0.366 e. The first-order valence-electron chi connectivity index (χ1n) is 8.56. The quantitative estimate of drug-likeness (QED) is 0.878. The first-order chi connectivity index (χ1) is 10.3. The number of benzene rings is 1. The maximum Gasteiger partial charge on any atom is 0.146 e. The normalized spacial score (nSPS) is 23.1. The van der Waals surface area contributed by atoms with Gasteiger partial charge in [-0.1, -0.05) is 31.9 Å². The largest absolute Gasteiger partial charge is 0.366 e. The third-order valence-electron chi connectivity index (χ3n) is 5.17. The molecule has 0 aromatic heterocycles. The highest BCUT2D eigenvalue weighted by Gasteiger charge is 2.35. The van der Waals surface area contributed by atoms with Gasteiger partial charge in [0.2, 0.25) is 0 Å². The van der Waals surface area contributed by atoms with Crippen LogP contribution in [0.5, 0.6) is 0 Å². The molecule has 1 unspecified atom stereocenters. The molecule has 1 aliphatic carbocycles. The molecule has 1 atom stereocenters. The maximum atomic E-state index is 14.5. The van der Waals surface area contributed by atoms with E-state index in [4.69, 9.17) is 0 Å². The van der Waals surface area contributed by atoms with Gasteiger partial charge in [-0.3, -0.25) is 0 Å². The second-order valence-electron chi connectivity index (χ2n) is 6.48. The molecule has 1 saturated heterocycles. The molecule has 2 fully saturated rings. The number of hydrogen-bond acceptors (Lipinski definition) is 2. The molecule has 0 bridgehead atoms. The van der Waals surface area contributed by atoms with E-state index in [1.807, 2.05) is 6.07 Å². The summed E-state index contributed by atoms with van der Waals surface area (Å²) in [5.74, 6) is 0.731. The van der Waals surface area contributed by atoms with Gasteiger partial charge in [0.25, 0.3) is 0 Å². The predicted octanol–water partition coefficient (Wildman–Crippen LogP) is 4.09. The Bertz CT molecular complexity index is 468. The van der Waals surface area contributed by atoms with E-state index in [0.717, 1.165) is 36.8 Å². The Morgan fingerprint density at radius 3 is 2.76 bits per heavy atom. The number of anilines is 1. The molecule has 1 aromatic rings. The molecule has 1 aromatic carbocycles. The average Bonchev–Trinajstić information content (AvgIpc) is 3.15. The highest BCUT2D eigenvalue weighted by Crippen LogP contribution is 2.39. The van der Waals surface area contributed by atoms with E-state index in [-0.39, 0.29) is 5.82 Å². The Kier molecular flexibility index (Phi) is 4.79. The van der Waals surface area contributed by atoms with Crippen LogP contribution in [-0.2, 0) is 6.54 Å². The summed E-state index contributed by atoms with van der Waals surface area (Å²) >= 11 is 0. The molecule has 1 N–H and O–H groups in total. The van der Waals surface area contributed by atoms with Crippen LogP contribution in [0.1, 0.15) is 51.0 Å². The second kappa shape index (κ2) is 6.78. The molecule has 0 amide bonds. The summed E-state index contributed by atoms with van der Waals surface area (Å²) in [6, 6.07) is 6.09. The average molecular weight is 290 g/mol. The topological polar surface area (TPSA) is 15.3 Å². The van der Waals surface area contributed by atoms with E-state index < -0.39 is 0 Å². The first kappa shape index (κ1) is 14.8. The summed E-state index contributed by atoms with van der Waals surface area (Å²) in [6.07, 6.45) is 7.82. The molecule has 1 aliphatic heterocycles. The van der Waals surface area contributed by atoms with Crippen molar-refractivity contribution in [1.82, 2.24) is 5.32 Å². The van der Waals surface area contributed by atoms with Crippen LogP contribution in [0.3, 0.4) is 0 Å². The van der Waals surface area contributed by atoms with Crippen LogP contribution >= 0.6 is 0 Å². The van der Waals surface area contributed by atoms with E-state index >= 15 is 0 Å². The van der Waals surface area contributed by atoms with Gasteiger partial charge in [-0.15, -0.1) is 0 Å². The molecule has 0 radical (unpaired) electrons. The number of halogens is 1. The summed E-state index contributed by atoms with van der Waals surface area (Å²) in [5, 5.41) is 3.35.